The highest BCUT2D eigenvalue weighted by Gasteiger charge is 2.69. The standard InChI is InChI=1S/C45H64O3/c1-40(2)27-35-34-19-20-37-42(4)23-22-38(47-29-32-15-11-9-12-16-32)43(5,31-46-8)36(42)21-24-45(37,7)44(34,6)26-25-41(35,3)39(28-40)48-30-33-17-13-10-14-18-33/h9-19,35-39H,20-31H2,1-8H3/t35-,36?,37-,38+,39-,41-,42+,43+,44-,45-/m1/s1. The van der Waals surface area contributed by atoms with Crippen molar-refractivity contribution < 1.29 is 14.2 Å². The Morgan fingerprint density at radius 2 is 1.27 bits per heavy atom. The molecule has 2 aromatic rings. The van der Waals surface area contributed by atoms with Crippen molar-refractivity contribution in [1.82, 2.24) is 0 Å². The molecule has 4 fully saturated rings. The molecule has 0 heterocycles. The average Bonchev–Trinajstić information content (AvgIpc) is 3.05. The first-order valence-electron chi connectivity index (χ1n) is 19.3. The first kappa shape index (κ1) is 34.5. The number of allylic oxidation sites excluding steroid dienone is 2. The van der Waals surface area contributed by atoms with E-state index in [0.29, 0.717) is 24.4 Å². The van der Waals surface area contributed by atoms with Crippen LogP contribution in [0.5, 0.6) is 0 Å². The fourth-order valence-corrected chi connectivity index (χ4v) is 13.0. The third-order valence-electron chi connectivity index (χ3n) is 15.9. The molecule has 10 atom stereocenters. The normalized spacial score (nSPS) is 43.2. The van der Waals surface area contributed by atoms with Crippen molar-refractivity contribution in [2.24, 2.45) is 50.2 Å². The lowest BCUT2D eigenvalue weighted by molar-refractivity contribution is -0.231. The summed E-state index contributed by atoms with van der Waals surface area (Å²) in [5.74, 6) is 1.86. The van der Waals surface area contributed by atoms with E-state index in [9.17, 15) is 0 Å². The van der Waals surface area contributed by atoms with Crippen LogP contribution in [0.2, 0.25) is 0 Å². The number of fused-ring (bicyclic) bond motifs is 7. The molecule has 5 aliphatic carbocycles. The minimum atomic E-state index is 0.00456. The van der Waals surface area contributed by atoms with Gasteiger partial charge in [-0.25, -0.2) is 0 Å². The summed E-state index contributed by atoms with van der Waals surface area (Å²) in [5, 5.41) is 0. The maximum atomic E-state index is 6.96. The van der Waals surface area contributed by atoms with Crippen molar-refractivity contribution in [3.05, 3.63) is 83.4 Å². The third-order valence-corrected chi connectivity index (χ3v) is 15.9. The van der Waals surface area contributed by atoms with Gasteiger partial charge in [0.05, 0.1) is 32.0 Å². The van der Waals surface area contributed by atoms with Gasteiger partial charge in [0.25, 0.3) is 0 Å². The summed E-state index contributed by atoms with van der Waals surface area (Å²) in [7, 11) is 1.90. The van der Waals surface area contributed by atoms with Gasteiger partial charge in [-0.1, -0.05) is 121 Å². The number of hydrogen-bond acceptors (Lipinski definition) is 3. The SMILES string of the molecule is COC[C@@]1(C)C2CC[C@]3(C)[C@H](CC=C4[C@H]5CC(C)(C)C[C@@H](OCc6ccccc6)[C@]5(C)CC[C@]43C)[C@@]2(C)CC[C@@H]1OCc1ccccc1. The molecule has 0 bridgehead atoms. The van der Waals surface area contributed by atoms with Crippen LogP contribution in [0.4, 0.5) is 0 Å². The Balaban J connectivity index is 1.18. The Morgan fingerprint density at radius 1 is 0.646 bits per heavy atom. The third kappa shape index (κ3) is 5.39. The van der Waals surface area contributed by atoms with Crippen LogP contribution in [0.25, 0.3) is 0 Å². The van der Waals surface area contributed by atoms with Crippen LogP contribution in [-0.2, 0) is 27.4 Å². The van der Waals surface area contributed by atoms with E-state index in [4.69, 9.17) is 14.2 Å². The molecule has 2 aromatic carbocycles. The van der Waals surface area contributed by atoms with E-state index in [0.717, 1.165) is 26.1 Å². The highest BCUT2D eigenvalue weighted by atomic mass is 16.5. The molecule has 0 radical (unpaired) electrons. The monoisotopic (exact) mass is 652 g/mol. The number of methoxy groups -OCH3 is 1. The van der Waals surface area contributed by atoms with E-state index in [1.54, 1.807) is 5.57 Å². The molecule has 5 aliphatic rings. The second-order valence-electron chi connectivity index (χ2n) is 19.0. The molecule has 0 N–H and O–H groups in total. The van der Waals surface area contributed by atoms with Crippen molar-refractivity contribution in [3.63, 3.8) is 0 Å². The van der Waals surface area contributed by atoms with Gasteiger partial charge in [-0.05, 0) is 108 Å². The fraction of sp³-hybridized carbons (Fsp3) is 0.689. The Labute approximate surface area is 292 Å². The first-order chi connectivity index (χ1) is 22.8. The molecule has 3 nitrogen and oxygen atoms in total. The van der Waals surface area contributed by atoms with E-state index in [1.165, 1.54) is 56.1 Å². The lowest BCUT2D eigenvalue weighted by atomic mass is 9.33. The summed E-state index contributed by atoms with van der Waals surface area (Å²) in [5.41, 5.74) is 5.61. The Kier molecular flexibility index (Phi) is 8.90. The van der Waals surface area contributed by atoms with Crippen molar-refractivity contribution in [1.29, 1.82) is 0 Å². The molecule has 0 aliphatic heterocycles. The summed E-state index contributed by atoms with van der Waals surface area (Å²) in [6.07, 6.45) is 14.5. The van der Waals surface area contributed by atoms with Gasteiger partial charge in [-0.3, -0.25) is 0 Å². The van der Waals surface area contributed by atoms with Gasteiger partial charge in [0, 0.05) is 17.9 Å². The number of benzene rings is 2. The molecule has 262 valence electrons. The first-order valence-corrected chi connectivity index (χ1v) is 19.3. The van der Waals surface area contributed by atoms with E-state index in [2.05, 4.69) is 115 Å². The highest BCUT2D eigenvalue weighted by molar-refractivity contribution is 5.34. The maximum absolute atomic E-state index is 6.96. The molecule has 0 saturated heterocycles. The Bertz CT molecular complexity index is 1470. The second-order valence-corrected chi connectivity index (χ2v) is 19.0. The molecule has 0 spiro atoms. The molecular weight excluding hydrogens is 588 g/mol. The molecule has 0 aromatic heterocycles. The fourth-order valence-electron chi connectivity index (χ4n) is 13.0. The topological polar surface area (TPSA) is 27.7 Å². The summed E-state index contributed by atoms with van der Waals surface area (Å²) in [6.45, 7) is 20.4. The van der Waals surface area contributed by atoms with Gasteiger partial charge in [-0.2, -0.15) is 0 Å². The lowest BCUT2D eigenvalue weighted by Crippen LogP contribution is -2.66. The Morgan fingerprint density at radius 3 is 1.90 bits per heavy atom. The smallest absolute Gasteiger partial charge is 0.0720 e. The van der Waals surface area contributed by atoms with Gasteiger partial charge in [0.1, 0.15) is 0 Å². The van der Waals surface area contributed by atoms with Crippen LogP contribution in [0.1, 0.15) is 117 Å². The van der Waals surface area contributed by atoms with Gasteiger partial charge >= 0.3 is 0 Å². The predicted octanol–water partition coefficient (Wildman–Crippen LogP) is 11.2. The molecular formula is C45H64O3. The molecule has 4 saturated carbocycles. The number of rotatable bonds is 8. The largest absolute Gasteiger partial charge is 0.384 e. The molecule has 0 amide bonds. The summed E-state index contributed by atoms with van der Waals surface area (Å²) in [4.78, 5) is 0. The summed E-state index contributed by atoms with van der Waals surface area (Å²) in [6, 6.07) is 21.5. The van der Waals surface area contributed by atoms with Crippen molar-refractivity contribution in [2.75, 3.05) is 13.7 Å². The average molecular weight is 653 g/mol. The summed E-state index contributed by atoms with van der Waals surface area (Å²) < 4.78 is 19.9. The van der Waals surface area contributed by atoms with E-state index >= 15 is 0 Å². The van der Waals surface area contributed by atoms with Gasteiger partial charge < -0.3 is 14.2 Å². The van der Waals surface area contributed by atoms with Crippen molar-refractivity contribution in [3.8, 4) is 0 Å². The van der Waals surface area contributed by atoms with Crippen LogP contribution in [0, 0.1) is 50.2 Å². The lowest BCUT2D eigenvalue weighted by Gasteiger charge is -2.72. The summed E-state index contributed by atoms with van der Waals surface area (Å²) >= 11 is 0. The van der Waals surface area contributed by atoms with E-state index < -0.39 is 0 Å². The van der Waals surface area contributed by atoms with Crippen LogP contribution >= 0.6 is 0 Å². The Hall–Kier alpha value is -1.94. The quantitative estimate of drug-likeness (QED) is 0.266. The minimum Gasteiger partial charge on any atom is -0.384 e. The van der Waals surface area contributed by atoms with Crippen molar-refractivity contribution in [2.45, 2.75) is 132 Å². The maximum Gasteiger partial charge on any atom is 0.0720 e. The predicted molar refractivity (Wildman–Crippen MR) is 196 cm³/mol. The minimum absolute atomic E-state index is 0.00456. The van der Waals surface area contributed by atoms with Crippen LogP contribution in [-0.4, -0.2) is 25.9 Å². The highest BCUT2D eigenvalue weighted by Crippen LogP contribution is 2.76. The zero-order chi connectivity index (χ0) is 34.0. The van der Waals surface area contributed by atoms with Gasteiger partial charge in [-0.15, -0.1) is 0 Å². The van der Waals surface area contributed by atoms with E-state index in [-0.39, 0.29) is 44.7 Å². The van der Waals surface area contributed by atoms with Gasteiger partial charge in [0.2, 0.25) is 0 Å². The van der Waals surface area contributed by atoms with E-state index in [1.807, 2.05) is 7.11 Å². The van der Waals surface area contributed by atoms with Crippen LogP contribution in [0.15, 0.2) is 72.3 Å². The molecule has 1 unspecified atom stereocenters. The zero-order valence-electron chi connectivity index (χ0n) is 31.4. The van der Waals surface area contributed by atoms with Crippen molar-refractivity contribution >= 4 is 0 Å². The second kappa shape index (κ2) is 12.4. The molecule has 7 rings (SSSR count). The molecule has 3 heteroatoms. The van der Waals surface area contributed by atoms with Gasteiger partial charge in [0.15, 0.2) is 0 Å². The number of ether oxygens (including phenoxy) is 3. The van der Waals surface area contributed by atoms with Crippen LogP contribution < -0.4 is 0 Å². The zero-order valence-corrected chi connectivity index (χ0v) is 31.4. The van der Waals surface area contributed by atoms with Crippen LogP contribution in [0.3, 0.4) is 0 Å². The number of hydrogen-bond donors (Lipinski definition) is 0. The molecule has 48 heavy (non-hydrogen) atoms.